The number of aryl methyl sites for hydroxylation is 3. The molecule has 3 aromatic rings. The Morgan fingerprint density at radius 2 is 1.26 bits per heavy atom. The van der Waals surface area contributed by atoms with Crippen molar-refractivity contribution in [3.8, 4) is 11.5 Å². The molecule has 0 aromatic heterocycles. The van der Waals surface area contributed by atoms with Gasteiger partial charge in [0.15, 0.2) is 0 Å². The minimum absolute atomic E-state index is 0.00962. The summed E-state index contributed by atoms with van der Waals surface area (Å²) in [5, 5.41) is -0.00962. The van der Waals surface area contributed by atoms with Crippen LogP contribution in [0, 0.1) is 20.8 Å². The lowest BCUT2D eigenvalue weighted by molar-refractivity contribution is 0.104. The molecule has 0 aliphatic rings. The van der Waals surface area contributed by atoms with E-state index < -0.39 is 18.2 Å². The number of rotatable bonds is 7. The fraction of sp³-hybridized carbons (Fsp3) is 0.200. The Kier molecular flexibility index (Phi) is 6.47. The summed E-state index contributed by atoms with van der Waals surface area (Å²) in [6.45, 7) is 5.36. The maximum Gasteiger partial charge on any atom is 0.255 e. The van der Waals surface area contributed by atoms with Gasteiger partial charge in [0.25, 0.3) is 7.14 Å². The first kappa shape index (κ1) is 22.5. The van der Waals surface area contributed by atoms with E-state index in [1.807, 2.05) is 13.0 Å². The van der Waals surface area contributed by atoms with Crippen LogP contribution in [0.4, 0.5) is 0 Å². The molecule has 0 fully saturated rings. The summed E-state index contributed by atoms with van der Waals surface area (Å²) in [5.74, 6) is 0.369. The maximum absolute atomic E-state index is 14.7. The highest BCUT2D eigenvalue weighted by Crippen LogP contribution is 2.55. The molecular weight excluding hydrogens is 411 g/mol. The van der Waals surface area contributed by atoms with E-state index in [4.69, 9.17) is 9.47 Å². The van der Waals surface area contributed by atoms with Gasteiger partial charge in [0.1, 0.15) is 16.8 Å². The van der Waals surface area contributed by atoms with Gasteiger partial charge in [-0.2, -0.15) is 0 Å². The number of hydrogen-bond acceptors (Lipinski definition) is 5. The number of carbonyl (C=O) groups excluding carboxylic acids is 2. The fourth-order valence-corrected chi connectivity index (χ4v) is 6.41. The van der Waals surface area contributed by atoms with Crippen molar-refractivity contribution >= 4 is 23.5 Å². The Morgan fingerprint density at radius 1 is 0.742 bits per heavy atom. The van der Waals surface area contributed by atoms with Crippen LogP contribution in [-0.4, -0.2) is 25.3 Å². The molecule has 0 spiro atoms. The van der Waals surface area contributed by atoms with Crippen LogP contribution in [0.1, 0.15) is 37.4 Å². The minimum atomic E-state index is -4.41. The normalized spacial score (nSPS) is 12.7. The van der Waals surface area contributed by atoms with Crippen LogP contribution < -0.4 is 14.8 Å². The van der Waals surface area contributed by atoms with Gasteiger partial charge in [-0.25, -0.2) is 0 Å². The average Bonchev–Trinajstić information content (AvgIpc) is 2.77. The lowest BCUT2D eigenvalue weighted by Crippen LogP contribution is -2.24. The fourth-order valence-electron chi connectivity index (χ4n) is 3.70. The van der Waals surface area contributed by atoms with Gasteiger partial charge in [-0.1, -0.05) is 48.5 Å². The zero-order valence-corrected chi connectivity index (χ0v) is 19.2. The van der Waals surface area contributed by atoms with Gasteiger partial charge in [0.05, 0.1) is 14.2 Å². The van der Waals surface area contributed by atoms with Crippen molar-refractivity contribution in [1.29, 1.82) is 0 Å². The van der Waals surface area contributed by atoms with Crippen LogP contribution >= 0.6 is 7.14 Å². The molecule has 31 heavy (non-hydrogen) atoms. The Bertz CT molecular complexity index is 1150. The van der Waals surface area contributed by atoms with E-state index in [0.717, 1.165) is 5.56 Å². The van der Waals surface area contributed by atoms with Gasteiger partial charge in [-0.3, -0.25) is 9.59 Å². The summed E-state index contributed by atoms with van der Waals surface area (Å²) in [5.41, 5.74) is 1.08. The monoisotopic (exact) mass is 436 g/mol. The summed E-state index contributed by atoms with van der Waals surface area (Å²) in [6.07, 6.45) is 0. The standard InChI is InChI=1S/C25H25O5P/c1-16-14-20(29-4)23(21(15-16)30-5)31(28,24(26)19-12-7-6-8-13-19)25(27)22-17(2)10-9-11-18(22)3/h6-15H,1-5H3. The lowest BCUT2D eigenvalue weighted by atomic mass is 10.0. The van der Waals surface area contributed by atoms with Crippen molar-refractivity contribution in [2.24, 2.45) is 0 Å². The van der Waals surface area contributed by atoms with E-state index in [2.05, 4.69) is 0 Å². The summed E-state index contributed by atoms with van der Waals surface area (Å²) >= 11 is 0. The van der Waals surface area contributed by atoms with Crippen molar-refractivity contribution in [3.63, 3.8) is 0 Å². The smallest absolute Gasteiger partial charge is 0.255 e. The molecule has 5 nitrogen and oxygen atoms in total. The van der Waals surface area contributed by atoms with Gasteiger partial charge >= 0.3 is 0 Å². The largest absolute Gasteiger partial charge is 0.496 e. The average molecular weight is 436 g/mol. The quantitative estimate of drug-likeness (QED) is 0.470. The highest BCUT2D eigenvalue weighted by Gasteiger charge is 2.47. The molecule has 0 amide bonds. The molecule has 0 heterocycles. The first-order valence-corrected chi connectivity index (χ1v) is 11.5. The number of hydrogen-bond donors (Lipinski definition) is 0. The van der Waals surface area contributed by atoms with E-state index in [0.29, 0.717) is 11.1 Å². The minimum Gasteiger partial charge on any atom is -0.496 e. The van der Waals surface area contributed by atoms with Crippen LogP contribution in [0.5, 0.6) is 11.5 Å². The Labute approximate surface area is 182 Å². The second kappa shape index (κ2) is 8.91. The van der Waals surface area contributed by atoms with Crippen LogP contribution in [0.15, 0.2) is 60.7 Å². The van der Waals surface area contributed by atoms with Gasteiger partial charge in [-0.15, -0.1) is 0 Å². The predicted octanol–water partition coefficient (Wildman–Crippen LogP) is 5.30. The lowest BCUT2D eigenvalue weighted by Gasteiger charge is -2.23. The second-order valence-electron chi connectivity index (χ2n) is 7.37. The molecule has 0 radical (unpaired) electrons. The van der Waals surface area contributed by atoms with Gasteiger partial charge in [0.2, 0.25) is 11.0 Å². The first-order chi connectivity index (χ1) is 14.7. The van der Waals surface area contributed by atoms with Crippen molar-refractivity contribution in [3.05, 3.63) is 88.5 Å². The Morgan fingerprint density at radius 3 is 1.74 bits per heavy atom. The van der Waals surface area contributed by atoms with E-state index in [-0.39, 0.29) is 27.9 Å². The van der Waals surface area contributed by atoms with Gasteiger partial charge in [0, 0.05) is 11.1 Å². The number of ether oxygens (including phenoxy) is 2. The molecule has 1 unspecified atom stereocenters. The van der Waals surface area contributed by atoms with E-state index in [1.165, 1.54) is 14.2 Å². The molecule has 3 aromatic carbocycles. The number of carbonyl (C=O) groups is 2. The molecule has 6 heteroatoms. The van der Waals surface area contributed by atoms with Crippen molar-refractivity contribution < 1.29 is 23.6 Å². The highest BCUT2D eigenvalue weighted by atomic mass is 31.2. The van der Waals surface area contributed by atoms with Gasteiger partial charge < -0.3 is 14.0 Å². The number of benzene rings is 3. The summed E-state index contributed by atoms with van der Waals surface area (Å²) in [6, 6.07) is 16.9. The van der Waals surface area contributed by atoms with Crippen LogP contribution in [0.3, 0.4) is 0 Å². The zero-order valence-electron chi connectivity index (χ0n) is 18.3. The zero-order chi connectivity index (χ0) is 22.8. The third-order valence-electron chi connectivity index (χ3n) is 5.23. The highest BCUT2D eigenvalue weighted by molar-refractivity contribution is 8.01. The molecule has 0 aliphatic heterocycles. The molecule has 0 bridgehead atoms. The third kappa shape index (κ3) is 3.94. The maximum atomic E-state index is 14.7. The third-order valence-corrected chi connectivity index (χ3v) is 7.92. The molecule has 160 valence electrons. The predicted molar refractivity (Wildman–Crippen MR) is 123 cm³/mol. The molecule has 0 saturated carbocycles. The second-order valence-corrected chi connectivity index (χ2v) is 9.85. The molecular formula is C25H25O5P. The topological polar surface area (TPSA) is 69.7 Å². The molecule has 0 N–H and O–H groups in total. The van der Waals surface area contributed by atoms with Gasteiger partial charge in [-0.05, 0) is 49.6 Å². The van der Waals surface area contributed by atoms with Crippen molar-refractivity contribution in [1.82, 2.24) is 0 Å². The Balaban J connectivity index is 2.41. The van der Waals surface area contributed by atoms with E-state index >= 15 is 0 Å². The summed E-state index contributed by atoms with van der Waals surface area (Å²) in [4.78, 5) is 27.7. The SMILES string of the molecule is COc1cc(C)cc(OC)c1P(=O)(C(=O)c1ccccc1)C(=O)c1c(C)cccc1C. The summed E-state index contributed by atoms with van der Waals surface area (Å²) < 4.78 is 25.7. The Hall–Kier alpha value is -3.17. The van der Waals surface area contributed by atoms with Crippen LogP contribution in [-0.2, 0) is 4.57 Å². The first-order valence-electron chi connectivity index (χ1n) is 9.80. The summed E-state index contributed by atoms with van der Waals surface area (Å²) in [7, 11) is -1.58. The molecule has 1 atom stereocenters. The molecule has 0 saturated heterocycles. The van der Waals surface area contributed by atoms with Crippen molar-refractivity contribution in [2.45, 2.75) is 20.8 Å². The van der Waals surface area contributed by atoms with E-state index in [9.17, 15) is 14.2 Å². The van der Waals surface area contributed by atoms with Crippen LogP contribution in [0.2, 0.25) is 0 Å². The van der Waals surface area contributed by atoms with Crippen LogP contribution in [0.25, 0.3) is 0 Å². The number of methoxy groups -OCH3 is 2. The molecule has 3 rings (SSSR count). The van der Waals surface area contributed by atoms with Crippen molar-refractivity contribution in [2.75, 3.05) is 14.2 Å². The molecule has 0 aliphatic carbocycles. The van der Waals surface area contributed by atoms with E-state index in [1.54, 1.807) is 68.4 Å².